The number of aromatic amines is 1. The van der Waals surface area contributed by atoms with Gasteiger partial charge in [0.15, 0.2) is 0 Å². The summed E-state index contributed by atoms with van der Waals surface area (Å²) in [6.45, 7) is 9.96. The third kappa shape index (κ3) is 3.38. The van der Waals surface area contributed by atoms with Gasteiger partial charge >= 0.3 is 0 Å². The highest BCUT2D eigenvalue weighted by Gasteiger charge is 2.26. The number of H-pyrrole nitrogens is 1. The number of fused-ring (bicyclic) bond motifs is 1. The number of anilines is 1. The zero-order chi connectivity index (χ0) is 15.8. The summed E-state index contributed by atoms with van der Waals surface area (Å²) in [7, 11) is 0. The monoisotopic (exact) mass is 307 g/mol. The summed E-state index contributed by atoms with van der Waals surface area (Å²) in [6.07, 6.45) is 0. The molecule has 0 bridgehead atoms. The number of rotatable bonds is 3. The van der Waals surface area contributed by atoms with Crippen molar-refractivity contribution in [2.75, 3.05) is 11.2 Å². The minimum atomic E-state index is -0.596. The summed E-state index contributed by atoms with van der Waals surface area (Å²) in [6, 6.07) is 5.67. The maximum absolute atomic E-state index is 12.1. The van der Waals surface area contributed by atoms with Gasteiger partial charge in [-0.25, -0.2) is 4.98 Å². The van der Waals surface area contributed by atoms with E-state index in [1.807, 2.05) is 32.0 Å². The van der Waals surface area contributed by atoms with Gasteiger partial charge < -0.3 is 10.3 Å². The molecule has 0 atom stereocenters. The number of carbonyl (C=O) groups is 1. The molecule has 2 N–H and O–H groups in total. The highest BCUT2D eigenvalue weighted by molar-refractivity contribution is 6.20. The number of hydrogen-bond acceptors (Lipinski definition) is 2. The Morgan fingerprint density at radius 2 is 1.95 bits per heavy atom. The van der Waals surface area contributed by atoms with Crippen LogP contribution in [0.4, 0.5) is 5.69 Å². The van der Waals surface area contributed by atoms with Crippen LogP contribution >= 0.6 is 11.6 Å². The van der Waals surface area contributed by atoms with Crippen molar-refractivity contribution in [3.63, 3.8) is 0 Å². The fourth-order valence-corrected chi connectivity index (χ4v) is 1.92. The van der Waals surface area contributed by atoms with Gasteiger partial charge in [0, 0.05) is 17.0 Å². The van der Waals surface area contributed by atoms with Gasteiger partial charge in [0.2, 0.25) is 5.91 Å². The van der Waals surface area contributed by atoms with Crippen LogP contribution < -0.4 is 5.32 Å². The molecule has 0 aliphatic heterocycles. The molecule has 2 aromatic rings. The van der Waals surface area contributed by atoms with E-state index in [-0.39, 0.29) is 17.2 Å². The Labute approximate surface area is 130 Å². The molecule has 0 fully saturated rings. The molecule has 1 aromatic heterocycles. The van der Waals surface area contributed by atoms with Crippen molar-refractivity contribution < 1.29 is 4.79 Å². The molecule has 2 rings (SSSR count). The van der Waals surface area contributed by atoms with Gasteiger partial charge in [0.1, 0.15) is 5.82 Å². The van der Waals surface area contributed by atoms with Crippen molar-refractivity contribution in [3.8, 4) is 0 Å². The van der Waals surface area contributed by atoms with Gasteiger partial charge in [-0.2, -0.15) is 0 Å². The Hall–Kier alpha value is -1.55. The number of hydrogen-bond donors (Lipinski definition) is 2. The Morgan fingerprint density at radius 1 is 1.29 bits per heavy atom. The van der Waals surface area contributed by atoms with Crippen LogP contribution in [0.3, 0.4) is 0 Å². The molecular weight excluding hydrogens is 286 g/mol. The van der Waals surface area contributed by atoms with Crippen LogP contribution in [-0.2, 0) is 10.2 Å². The predicted octanol–water partition coefficient (Wildman–Crippen LogP) is 4.06. The van der Waals surface area contributed by atoms with Crippen LogP contribution in [0, 0.1) is 5.41 Å². The first-order valence-electron chi connectivity index (χ1n) is 7.01. The summed E-state index contributed by atoms with van der Waals surface area (Å²) >= 11 is 5.83. The lowest BCUT2D eigenvalue weighted by Crippen LogP contribution is -2.32. The zero-order valence-corrected chi connectivity index (χ0v) is 13.9. The molecule has 0 saturated heterocycles. The second-order valence-corrected chi connectivity index (χ2v) is 7.31. The standard InChI is InChI=1S/C16H22ClN3O/c1-15(2,3)13-19-11-7-6-10(8-12(11)20-13)18-14(21)16(4,5)9-17/h6-8H,9H2,1-5H3,(H,18,21)(H,19,20). The summed E-state index contributed by atoms with van der Waals surface area (Å²) in [5.41, 5.74) is 1.93. The maximum atomic E-state index is 12.1. The number of nitrogens with one attached hydrogen (secondary N) is 2. The molecule has 1 amide bonds. The van der Waals surface area contributed by atoms with E-state index in [0.717, 1.165) is 22.5 Å². The van der Waals surface area contributed by atoms with Crippen molar-refractivity contribution in [2.45, 2.75) is 40.0 Å². The fourth-order valence-electron chi connectivity index (χ4n) is 1.80. The molecule has 0 aliphatic rings. The van der Waals surface area contributed by atoms with Crippen LogP contribution in [0.2, 0.25) is 0 Å². The van der Waals surface area contributed by atoms with E-state index in [4.69, 9.17) is 11.6 Å². The maximum Gasteiger partial charge on any atom is 0.231 e. The van der Waals surface area contributed by atoms with Crippen LogP contribution in [0.5, 0.6) is 0 Å². The number of nitrogens with zero attached hydrogens (tertiary/aromatic N) is 1. The van der Waals surface area contributed by atoms with E-state index < -0.39 is 5.41 Å². The third-order valence-electron chi connectivity index (χ3n) is 3.40. The topological polar surface area (TPSA) is 57.8 Å². The average molecular weight is 308 g/mol. The van der Waals surface area contributed by atoms with E-state index in [9.17, 15) is 4.79 Å². The van der Waals surface area contributed by atoms with Crippen LogP contribution in [0.1, 0.15) is 40.4 Å². The number of benzene rings is 1. The molecule has 1 heterocycles. The molecule has 0 radical (unpaired) electrons. The number of imidazole rings is 1. The minimum Gasteiger partial charge on any atom is -0.341 e. The lowest BCUT2D eigenvalue weighted by atomic mass is 9.95. The molecule has 4 nitrogen and oxygen atoms in total. The molecule has 0 saturated carbocycles. The van der Waals surface area contributed by atoms with Crippen molar-refractivity contribution in [2.24, 2.45) is 5.41 Å². The van der Waals surface area contributed by atoms with Crippen molar-refractivity contribution in [1.82, 2.24) is 9.97 Å². The van der Waals surface area contributed by atoms with Gasteiger partial charge in [-0.15, -0.1) is 11.6 Å². The first kappa shape index (κ1) is 15.8. The predicted molar refractivity (Wildman–Crippen MR) is 87.9 cm³/mol. The zero-order valence-electron chi connectivity index (χ0n) is 13.2. The van der Waals surface area contributed by atoms with E-state index >= 15 is 0 Å². The van der Waals surface area contributed by atoms with Crippen LogP contribution in [-0.4, -0.2) is 21.8 Å². The first-order valence-corrected chi connectivity index (χ1v) is 7.54. The molecule has 0 spiro atoms. The Kier molecular flexibility index (Phi) is 4.02. The Bertz CT molecular complexity index is 668. The molecule has 0 unspecified atom stereocenters. The van der Waals surface area contributed by atoms with E-state index in [1.165, 1.54) is 0 Å². The van der Waals surface area contributed by atoms with Gasteiger partial charge in [-0.3, -0.25) is 4.79 Å². The number of halogens is 1. The lowest BCUT2D eigenvalue weighted by molar-refractivity contribution is -0.122. The number of amides is 1. The second-order valence-electron chi connectivity index (χ2n) is 7.04. The lowest BCUT2D eigenvalue weighted by Gasteiger charge is -2.20. The molecule has 1 aromatic carbocycles. The first-order chi connectivity index (χ1) is 9.63. The average Bonchev–Trinajstić information content (AvgIpc) is 2.81. The third-order valence-corrected chi connectivity index (χ3v) is 4.07. The van der Waals surface area contributed by atoms with E-state index in [1.54, 1.807) is 0 Å². The molecular formula is C16H22ClN3O. The molecule has 114 valence electrons. The largest absolute Gasteiger partial charge is 0.341 e. The van der Waals surface area contributed by atoms with E-state index in [2.05, 4.69) is 36.1 Å². The summed E-state index contributed by atoms with van der Waals surface area (Å²) in [5, 5.41) is 2.90. The summed E-state index contributed by atoms with van der Waals surface area (Å²) < 4.78 is 0. The van der Waals surface area contributed by atoms with Crippen molar-refractivity contribution in [3.05, 3.63) is 24.0 Å². The van der Waals surface area contributed by atoms with Crippen molar-refractivity contribution >= 4 is 34.2 Å². The Balaban J connectivity index is 2.29. The van der Waals surface area contributed by atoms with Crippen molar-refractivity contribution in [1.29, 1.82) is 0 Å². The quantitative estimate of drug-likeness (QED) is 0.840. The van der Waals surface area contributed by atoms with Crippen LogP contribution in [0.15, 0.2) is 18.2 Å². The minimum absolute atomic E-state index is 0.0386. The van der Waals surface area contributed by atoms with E-state index in [0.29, 0.717) is 0 Å². The smallest absolute Gasteiger partial charge is 0.231 e. The summed E-state index contributed by atoms with van der Waals surface area (Å²) in [5.74, 6) is 1.12. The van der Waals surface area contributed by atoms with Gasteiger partial charge in [0.05, 0.1) is 16.4 Å². The van der Waals surface area contributed by atoms with Gasteiger partial charge in [-0.1, -0.05) is 20.8 Å². The van der Waals surface area contributed by atoms with Gasteiger partial charge in [0.25, 0.3) is 0 Å². The number of aromatic nitrogens is 2. The molecule has 21 heavy (non-hydrogen) atoms. The SMILES string of the molecule is CC(C)(CCl)C(=O)Nc1ccc2nc(C(C)(C)C)[nH]c2c1. The molecule has 5 heteroatoms. The highest BCUT2D eigenvalue weighted by atomic mass is 35.5. The summed E-state index contributed by atoms with van der Waals surface area (Å²) in [4.78, 5) is 20.0. The number of alkyl halides is 1. The second kappa shape index (κ2) is 5.34. The van der Waals surface area contributed by atoms with Crippen LogP contribution in [0.25, 0.3) is 11.0 Å². The highest BCUT2D eigenvalue weighted by Crippen LogP contribution is 2.25. The Morgan fingerprint density at radius 3 is 2.52 bits per heavy atom. The normalized spacial score (nSPS) is 12.7. The number of carbonyl (C=O) groups excluding carboxylic acids is 1. The molecule has 0 aliphatic carbocycles. The fraction of sp³-hybridized carbons (Fsp3) is 0.500. The van der Waals surface area contributed by atoms with Gasteiger partial charge in [-0.05, 0) is 32.0 Å².